The Hall–Kier alpha value is -0.170. The Morgan fingerprint density at radius 2 is 2.31 bits per heavy atom. The number of pyridine rings is 1. The van der Waals surface area contributed by atoms with E-state index in [1.165, 1.54) is 7.11 Å². The van der Waals surface area contributed by atoms with E-state index < -0.39 is 5.97 Å². The summed E-state index contributed by atoms with van der Waals surface area (Å²) in [6.45, 7) is 1.82. The topological polar surface area (TPSA) is 39.2 Å². The molecule has 13 heavy (non-hydrogen) atoms. The van der Waals surface area contributed by atoms with Gasteiger partial charge in [0.15, 0.2) is 5.69 Å². The molecule has 0 fully saturated rings. The number of nitrogens with zero attached hydrogens (tertiary/aromatic N) is 1. The SMILES string of the molecule is COC(=O)c1nc(I)c(Br)cc1C. The summed E-state index contributed by atoms with van der Waals surface area (Å²) in [5.74, 6) is -0.400. The molecule has 70 valence electrons. The summed E-state index contributed by atoms with van der Waals surface area (Å²) in [6.07, 6.45) is 0. The standard InChI is InChI=1S/C8H7BrINO2/c1-4-3-5(9)7(10)11-6(4)8(12)13-2/h3H,1-2H3. The number of carbonyl (C=O) groups excluding carboxylic acids is 1. The Balaban J connectivity index is 3.23. The lowest BCUT2D eigenvalue weighted by atomic mass is 10.2. The van der Waals surface area contributed by atoms with Crippen molar-refractivity contribution in [3.8, 4) is 0 Å². The van der Waals surface area contributed by atoms with Crippen molar-refractivity contribution in [2.24, 2.45) is 0 Å². The minimum absolute atomic E-state index is 0.370. The molecule has 1 aromatic rings. The number of esters is 1. The Kier molecular flexibility index (Phi) is 3.66. The molecular formula is C8H7BrINO2. The van der Waals surface area contributed by atoms with Gasteiger partial charge in [0.1, 0.15) is 3.70 Å². The van der Waals surface area contributed by atoms with Gasteiger partial charge in [0, 0.05) is 4.47 Å². The number of carbonyl (C=O) groups is 1. The fraction of sp³-hybridized carbons (Fsp3) is 0.250. The molecule has 0 aromatic carbocycles. The summed E-state index contributed by atoms with van der Waals surface area (Å²) in [4.78, 5) is 15.3. The normalized spacial score (nSPS) is 9.85. The fourth-order valence-electron chi connectivity index (χ4n) is 0.861. The van der Waals surface area contributed by atoms with Crippen LogP contribution in [0.2, 0.25) is 0 Å². The molecule has 0 aliphatic carbocycles. The number of methoxy groups -OCH3 is 1. The van der Waals surface area contributed by atoms with Gasteiger partial charge >= 0.3 is 5.97 Å². The van der Waals surface area contributed by atoms with Gasteiger partial charge in [0.25, 0.3) is 0 Å². The van der Waals surface area contributed by atoms with E-state index in [0.29, 0.717) is 5.69 Å². The molecular weight excluding hydrogens is 349 g/mol. The van der Waals surface area contributed by atoms with Gasteiger partial charge in [-0.05, 0) is 57.1 Å². The summed E-state index contributed by atoms with van der Waals surface area (Å²) < 4.78 is 6.23. The maximum atomic E-state index is 11.2. The summed E-state index contributed by atoms with van der Waals surface area (Å²) in [5, 5.41) is 0. The van der Waals surface area contributed by atoms with Gasteiger partial charge in [-0.15, -0.1) is 0 Å². The van der Waals surface area contributed by atoms with Gasteiger partial charge in [0.2, 0.25) is 0 Å². The lowest BCUT2D eigenvalue weighted by Crippen LogP contribution is -2.08. The zero-order valence-corrected chi connectivity index (χ0v) is 10.8. The van der Waals surface area contributed by atoms with Crippen molar-refractivity contribution in [2.75, 3.05) is 7.11 Å². The summed E-state index contributed by atoms with van der Waals surface area (Å²) in [7, 11) is 1.35. The Bertz CT molecular complexity index is 354. The van der Waals surface area contributed by atoms with Gasteiger partial charge in [-0.1, -0.05) is 0 Å². The van der Waals surface area contributed by atoms with Crippen molar-refractivity contribution in [3.05, 3.63) is 25.5 Å². The van der Waals surface area contributed by atoms with E-state index in [1.807, 2.05) is 13.0 Å². The zero-order chi connectivity index (χ0) is 10.0. The summed E-state index contributed by atoms with van der Waals surface area (Å²) >= 11 is 5.38. The number of ether oxygens (including phenoxy) is 1. The molecule has 0 amide bonds. The monoisotopic (exact) mass is 355 g/mol. The zero-order valence-electron chi connectivity index (χ0n) is 7.10. The summed E-state index contributed by atoms with van der Waals surface area (Å²) in [5.41, 5.74) is 1.18. The molecule has 0 spiro atoms. The number of rotatable bonds is 1. The first-order valence-corrected chi connectivity index (χ1v) is 5.34. The van der Waals surface area contributed by atoms with Crippen LogP contribution in [-0.2, 0) is 4.74 Å². The highest BCUT2D eigenvalue weighted by Gasteiger charge is 2.13. The number of hydrogen-bond acceptors (Lipinski definition) is 3. The Morgan fingerprint density at radius 1 is 1.69 bits per heavy atom. The molecule has 1 heterocycles. The second kappa shape index (κ2) is 4.36. The molecule has 0 radical (unpaired) electrons. The third-order valence-electron chi connectivity index (χ3n) is 1.50. The maximum absolute atomic E-state index is 11.2. The quantitative estimate of drug-likeness (QED) is 0.441. The minimum atomic E-state index is -0.400. The number of hydrogen-bond donors (Lipinski definition) is 0. The van der Waals surface area contributed by atoms with Gasteiger partial charge < -0.3 is 4.74 Å². The van der Waals surface area contributed by atoms with Crippen LogP contribution < -0.4 is 0 Å². The highest BCUT2D eigenvalue weighted by molar-refractivity contribution is 14.1. The largest absolute Gasteiger partial charge is 0.464 e. The smallest absolute Gasteiger partial charge is 0.356 e. The van der Waals surface area contributed by atoms with Gasteiger partial charge in [-0.3, -0.25) is 0 Å². The molecule has 0 atom stereocenters. The second-order valence-corrected chi connectivity index (χ2v) is 4.29. The average Bonchev–Trinajstić information content (AvgIpc) is 2.10. The van der Waals surface area contributed by atoms with E-state index in [4.69, 9.17) is 0 Å². The van der Waals surface area contributed by atoms with Crippen molar-refractivity contribution >= 4 is 44.5 Å². The first-order valence-electron chi connectivity index (χ1n) is 3.47. The van der Waals surface area contributed by atoms with E-state index in [2.05, 4.69) is 48.2 Å². The highest BCUT2D eigenvalue weighted by atomic mass is 127. The number of halogens is 2. The molecule has 0 saturated carbocycles. The van der Waals surface area contributed by atoms with Crippen molar-refractivity contribution in [1.29, 1.82) is 0 Å². The van der Waals surface area contributed by atoms with Crippen LogP contribution >= 0.6 is 38.5 Å². The molecule has 1 aromatic heterocycles. The molecule has 0 aliphatic heterocycles. The number of aromatic nitrogens is 1. The van der Waals surface area contributed by atoms with Crippen LogP contribution in [0.5, 0.6) is 0 Å². The van der Waals surface area contributed by atoms with Gasteiger partial charge in [0.05, 0.1) is 7.11 Å². The van der Waals surface area contributed by atoms with E-state index in [0.717, 1.165) is 13.7 Å². The van der Waals surface area contributed by atoms with Crippen LogP contribution in [0.15, 0.2) is 10.5 Å². The van der Waals surface area contributed by atoms with Crippen molar-refractivity contribution in [1.82, 2.24) is 4.98 Å². The maximum Gasteiger partial charge on any atom is 0.356 e. The van der Waals surface area contributed by atoms with E-state index in [1.54, 1.807) is 0 Å². The van der Waals surface area contributed by atoms with Gasteiger partial charge in [-0.2, -0.15) is 0 Å². The Labute approximate surface area is 98.2 Å². The van der Waals surface area contributed by atoms with Crippen LogP contribution in [0.3, 0.4) is 0 Å². The first kappa shape index (κ1) is 10.9. The molecule has 0 N–H and O–H groups in total. The van der Waals surface area contributed by atoms with Gasteiger partial charge in [-0.25, -0.2) is 9.78 Å². The minimum Gasteiger partial charge on any atom is -0.464 e. The third kappa shape index (κ3) is 2.40. The van der Waals surface area contributed by atoms with Crippen molar-refractivity contribution < 1.29 is 9.53 Å². The van der Waals surface area contributed by atoms with Crippen molar-refractivity contribution in [2.45, 2.75) is 6.92 Å². The van der Waals surface area contributed by atoms with Crippen LogP contribution in [0.4, 0.5) is 0 Å². The lowest BCUT2D eigenvalue weighted by molar-refractivity contribution is 0.0593. The predicted molar refractivity (Wildman–Crippen MR) is 60.7 cm³/mol. The number of aryl methyl sites for hydroxylation is 1. The first-order chi connectivity index (χ1) is 6.06. The van der Waals surface area contributed by atoms with E-state index in [-0.39, 0.29) is 0 Å². The lowest BCUT2D eigenvalue weighted by Gasteiger charge is -2.04. The second-order valence-electron chi connectivity index (χ2n) is 2.42. The molecule has 0 bridgehead atoms. The van der Waals surface area contributed by atoms with Crippen LogP contribution in [-0.4, -0.2) is 18.1 Å². The van der Waals surface area contributed by atoms with Crippen LogP contribution in [0, 0.1) is 10.6 Å². The highest BCUT2D eigenvalue weighted by Crippen LogP contribution is 2.20. The van der Waals surface area contributed by atoms with E-state index in [9.17, 15) is 4.79 Å². The van der Waals surface area contributed by atoms with Crippen LogP contribution in [0.1, 0.15) is 16.1 Å². The molecule has 0 saturated heterocycles. The predicted octanol–water partition coefficient (Wildman–Crippen LogP) is 2.54. The molecule has 1 rings (SSSR count). The third-order valence-corrected chi connectivity index (χ3v) is 3.67. The summed E-state index contributed by atoms with van der Waals surface area (Å²) in [6, 6.07) is 1.85. The fourth-order valence-corrected chi connectivity index (χ4v) is 1.69. The Morgan fingerprint density at radius 3 is 2.85 bits per heavy atom. The van der Waals surface area contributed by atoms with Crippen LogP contribution in [0.25, 0.3) is 0 Å². The average molecular weight is 356 g/mol. The molecule has 0 unspecified atom stereocenters. The molecule has 5 heteroatoms. The molecule has 0 aliphatic rings. The van der Waals surface area contributed by atoms with Crippen molar-refractivity contribution in [3.63, 3.8) is 0 Å². The van der Waals surface area contributed by atoms with E-state index >= 15 is 0 Å². The molecule has 3 nitrogen and oxygen atoms in total.